The molecular formula is C48H67F9O15. The first kappa shape index (κ1) is 60.0. The molecule has 3 aliphatic carbocycles. The minimum Gasteiger partial charge on any atom is -0.481 e. The molecule has 3 saturated carbocycles. The van der Waals surface area contributed by atoms with E-state index in [0.29, 0.717) is 0 Å². The number of esters is 4. The number of hydrogen-bond acceptors (Lipinski definition) is 14. The van der Waals surface area contributed by atoms with Crippen molar-refractivity contribution in [2.75, 3.05) is 0 Å². The van der Waals surface area contributed by atoms with Gasteiger partial charge in [0.15, 0.2) is 0 Å². The molecule has 12 atom stereocenters. The van der Waals surface area contributed by atoms with E-state index < -0.39 is 185 Å². The van der Waals surface area contributed by atoms with Crippen LogP contribution in [0, 0.1) is 64.1 Å². The molecule has 1 aliphatic heterocycles. The summed E-state index contributed by atoms with van der Waals surface area (Å²) < 4.78 is 173. The number of carboxylic acids is 1. The topological polar surface area (TPSA) is 204 Å². The van der Waals surface area contributed by atoms with Gasteiger partial charge in [-0.1, -0.05) is 6.92 Å². The molecule has 24 heteroatoms. The maximum absolute atomic E-state index is 15.4. The Morgan fingerprint density at radius 3 is 1.53 bits per heavy atom. The largest absolute Gasteiger partial charge is 0.510 e. The van der Waals surface area contributed by atoms with Crippen LogP contribution in [-0.4, -0.2) is 99.9 Å². The van der Waals surface area contributed by atoms with Crippen molar-refractivity contribution in [1.29, 1.82) is 0 Å². The van der Waals surface area contributed by atoms with Crippen LogP contribution in [0.2, 0.25) is 0 Å². The number of carboxylic acid groups (broad SMARTS) is 1. The summed E-state index contributed by atoms with van der Waals surface area (Å²) in [5, 5.41) is 10.2. The number of cyclic esters (lactones) is 2. The third-order valence-electron chi connectivity index (χ3n) is 14.7. The number of ether oxygens (including phenoxy) is 7. The van der Waals surface area contributed by atoms with Gasteiger partial charge in [0.2, 0.25) is 5.60 Å². The number of carbonyl (C=O) groups excluding carboxylic acids is 6. The number of alkyl halides is 9. The third kappa shape index (κ3) is 12.2. The molecule has 2 bridgehead atoms. The Morgan fingerprint density at radius 2 is 1.08 bits per heavy atom. The Kier molecular flexibility index (Phi) is 16.4. The monoisotopic (exact) mass is 1050 g/mol. The summed E-state index contributed by atoms with van der Waals surface area (Å²) in [4.78, 5) is 94.6. The minimum atomic E-state index is -6.67. The molecule has 15 nitrogen and oxygen atoms in total. The molecule has 0 spiro atoms. The molecule has 0 aromatic rings. The van der Waals surface area contributed by atoms with Crippen molar-refractivity contribution in [3.63, 3.8) is 0 Å². The fourth-order valence-electron chi connectivity index (χ4n) is 11.3. The maximum atomic E-state index is 15.4. The number of halogens is 9. The van der Waals surface area contributed by atoms with E-state index in [-0.39, 0.29) is 26.2 Å². The van der Waals surface area contributed by atoms with Crippen LogP contribution in [0.25, 0.3) is 0 Å². The van der Waals surface area contributed by atoms with E-state index in [9.17, 15) is 38.7 Å². The molecule has 0 aromatic carbocycles. The van der Waals surface area contributed by atoms with Crippen molar-refractivity contribution in [3.8, 4) is 0 Å². The van der Waals surface area contributed by atoms with Crippen LogP contribution in [0.4, 0.5) is 49.1 Å². The second-order valence-electron chi connectivity index (χ2n) is 23.8. The van der Waals surface area contributed by atoms with Crippen molar-refractivity contribution in [2.24, 2.45) is 64.1 Å². The van der Waals surface area contributed by atoms with Crippen molar-refractivity contribution < 1.29 is 111 Å². The van der Waals surface area contributed by atoms with E-state index >= 15 is 39.5 Å². The molecule has 4 rings (SSSR count). The van der Waals surface area contributed by atoms with Gasteiger partial charge in [0.25, 0.3) is 0 Å². The summed E-state index contributed by atoms with van der Waals surface area (Å²) in [6.07, 6.45) is -31.1. The smallest absolute Gasteiger partial charge is 0.481 e. The lowest BCUT2D eigenvalue weighted by Crippen LogP contribution is -2.67. The molecule has 4 fully saturated rings. The van der Waals surface area contributed by atoms with Crippen LogP contribution in [-0.2, 0) is 57.1 Å². The Balaban J connectivity index is 1.88. The summed E-state index contributed by atoms with van der Waals surface area (Å²) in [5.41, 5.74) is -17.5. The van der Waals surface area contributed by atoms with Crippen LogP contribution in [0.5, 0.6) is 0 Å². The fourth-order valence-corrected chi connectivity index (χ4v) is 11.3. The Labute approximate surface area is 411 Å². The van der Waals surface area contributed by atoms with Crippen LogP contribution < -0.4 is 0 Å². The predicted octanol–water partition coefficient (Wildman–Crippen LogP) is 10.9. The van der Waals surface area contributed by atoms with Gasteiger partial charge in [0.05, 0.1) is 28.6 Å². The molecule has 12 unspecified atom stereocenters. The summed E-state index contributed by atoms with van der Waals surface area (Å²) in [6.45, 7) is 17.4. The molecule has 0 aromatic heterocycles. The average molecular weight is 1060 g/mol. The first-order valence-electron chi connectivity index (χ1n) is 23.6. The molecule has 0 amide bonds. The van der Waals surface area contributed by atoms with Crippen molar-refractivity contribution in [2.45, 2.75) is 195 Å². The zero-order valence-corrected chi connectivity index (χ0v) is 42.8. The standard InChI is InChI=1S/C48H67F9O15/c1-15-43(13,31-30(33(60)67-34(31)61)29-22-16-26(27(17-22)32(58)59)28(29)21-42(11,12)35(62)68-39(2,3)4)36(63)66-25-19-23(44(14,46(49,50)51)71-37(64)69-40(5,6)7)18-24(20-25)45(47(52,53)54,48(55,56)57)72-38(65)70-41(8,9)10/h22-31H,15-21H2,1-14H3,(H,58,59). The molecular weight excluding hydrogens is 987 g/mol. The minimum absolute atomic E-state index is 0.00568. The third-order valence-corrected chi connectivity index (χ3v) is 14.7. The second kappa shape index (κ2) is 19.6. The van der Waals surface area contributed by atoms with E-state index in [0.717, 1.165) is 27.7 Å². The number of fused-ring (bicyclic) bond motifs is 2. The number of aliphatic carboxylic acids is 1. The zero-order chi connectivity index (χ0) is 55.7. The lowest BCUT2D eigenvalue weighted by Gasteiger charge is -2.49. The van der Waals surface area contributed by atoms with Crippen molar-refractivity contribution in [1.82, 2.24) is 0 Å². The average Bonchev–Trinajstić information content (AvgIpc) is 3.83. The molecule has 72 heavy (non-hydrogen) atoms. The van der Waals surface area contributed by atoms with E-state index in [1.165, 1.54) is 27.7 Å². The summed E-state index contributed by atoms with van der Waals surface area (Å²) in [5.74, 6) is -19.3. The lowest BCUT2D eigenvalue weighted by atomic mass is 9.58. The molecule has 0 radical (unpaired) electrons. The molecule has 412 valence electrons. The second-order valence-corrected chi connectivity index (χ2v) is 23.8. The van der Waals surface area contributed by atoms with E-state index in [1.54, 1.807) is 34.6 Å². The maximum Gasteiger partial charge on any atom is 0.510 e. The summed E-state index contributed by atoms with van der Waals surface area (Å²) >= 11 is 0. The van der Waals surface area contributed by atoms with Gasteiger partial charge in [-0.15, -0.1) is 0 Å². The fraction of sp³-hybridized carbons (Fsp3) is 0.854. The Morgan fingerprint density at radius 1 is 0.597 bits per heavy atom. The van der Waals surface area contributed by atoms with Gasteiger partial charge in [-0.3, -0.25) is 24.0 Å². The van der Waals surface area contributed by atoms with Crippen LogP contribution in [0.1, 0.15) is 142 Å². The van der Waals surface area contributed by atoms with E-state index in [1.807, 2.05) is 0 Å². The molecule has 1 saturated heterocycles. The highest BCUT2D eigenvalue weighted by molar-refractivity contribution is 6.00. The van der Waals surface area contributed by atoms with Crippen molar-refractivity contribution in [3.05, 3.63) is 0 Å². The Bertz CT molecular complexity index is 2080. The lowest BCUT2D eigenvalue weighted by molar-refractivity contribution is -0.392. The van der Waals surface area contributed by atoms with Crippen LogP contribution in [0.3, 0.4) is 0 Å². The number of carbonyl (C=O) groups is 7. The van der Waals surface area contributed by atoms with Crippen molar-refractivity contribution >= 4 is 42.2 Å². The van der Waals surface area contributed by atoms with Gasteiger partial charge in [-0.05, 0) is 159 Å². The van der Waals surface area contributed by atoms with Gasteiger partial charge in [-0.2, -0.15) is 39.5 Å². The van der Waals surface area contributed by atoms with Crippen LogP contribution >= 0.6 is 0 Å². The first-order valence-corrected chi connectivity index (χ1v) is 23.6. The highest BCUT2D eigenvalue weighted by Crippen LogP contribution is 2.64. The van der Waals surface area contributed by atoms with Gasteiger partial charge in [0, 0.05) is 11.8 Å². The summed E-state index contributed by atoms with van der Waals surface area (Å²) in [7, 11) is 0. The SMILES string of the molecule is CCC(C)(C(=O)OC1CC(C(C)(OC(=O)OC(C)(C)C)C(F)(F)F)CC(C(OC(=O)OC(C)(C)C)(C(F)(F)F)C(F)(F)F)C1)C1C(=O)OC(=O)C1C1C2CC(C(=O)O)C(C2)C1CC(C)(C)C(=O)OC(C)(C)C. The summed E-state index contributed by atoms with van der Waals surface area (Å²) in [6, 6.07) is 0. The zero-order valence-electron chi connectivity index (χ0n) is 42.8. The van der Waals surface area contributed by atoms with Crippen LogP contribution in [0.15, 0.2) is 0 Å². The molecule has 4 aliphatic rings. The van der Waals surface area contributed by atoms with E-state index in [2.05, 4.69) is 9.47 Å². The predicted molar refractivity (Wildman–Crippen MR) is 230 cm³/mol. The number of hydrogen-bond donors (Lipinski definition) is 1. The first-order chi connectivity index (χ1) is 32.2. The number of rotatable bonds is 13. The highest BCUT2D eigenvalue weighted by Gasteiger charge is 2.79. The molecule has 1 N–H and O–H groups in total. The Hall–Kier alpha value is -4.54. The quantitative estimate of drug-likeness (QED) is 0.0788. The van der Waals surface area contributed by atoms with Gasteiger partial charge in [0.1, 0.15) is 22.9 Å². The highest BCUT2D eigenvalue weighted by atomic mass is 19.4. The van der Waals surface area contributed by atoms with E-state index in [4.69, 9.17) is 23.7 Å². The molecule has 1 heterocycles. The van der Waals surface area contributed by atoms with Gasteiger partial charge < -0.3 is 38.3 Å². The van der Waals surface area contributed by atoms with Gasteiger partial charge in [-0.25, -0.2) is 9.59 Å². The van der Waals surface area contributed by atoms with Gasteiger partial charge >= 0.3 is 66.3 Å². The normalized spacial score (nSPS) is 29.3.